The molecule has 1 aliphatic carbocycles. The minimum atomic E-state index is -0.0206. The van der Waals surface area contributed by atoms with Crippen LogP contribution in [0.4, 0.5) is 0 Å². The van der Waals surface area contributed by atoms with E-state index in [0.29, 0.717) is 5.92 Å². The molecule has 2 heteroatoms. The highest BCUT2D eigenvalue weighted by Crippen LogP contribution is 2.26. The Labute approximate surface area is 128 Å². The first-order valence-electron chi connectivity index (χ1n) is 7.61. The fourth-order valence-corrected chi connectivity index (χ4v) is 2.39. The van der Waals surface area contributed by atoms with Crippen molar-refractivity contribution in [1.82, 2.24) is 5.43 Å². The summed E-state index contributed by atoms with van der Waals surface area (Å²) in [6.07, 6.45) is 5.61. The lowest BCUT2D eigenvalue weighted by Crippen LogP contribution is -2.32. The maximum atomic E-state index is 4.69. The van der Waals surface area contributed by atoms with Crippen LogP contribution in [-0.4, -0.2) is 11.3 Å². The molecule has 0 heterocycles. The Kier molecular flexibility index (Phi) is 4.66. The molecule has 0 aliphatic heterocycles. The molecular weight excluding hydrogens is 256 g/mol. The second-order valence-corrected chi connectivity index (χ2v) is 6.85. The molecule has 0 amide bonds. The Balaban J connectivity index is 2.21. The van der Waals surface area contributed by atoms with Crippen LogP contribution in [0.5, 0.6) is 0 Å². The topological polar surface area (TPSA) is 24.4 Å². The van der Waals surface area contributed by atoms with E-state index in [2.05, 4.69) is 81.6 Å². The maximum Gasteiger partial charge on any atom is 0.0684 e. The van der Waals surface area contributed by atoms with Crippen molar-refractivity contribution < 1.29 is 0 Å². The van der Waals surface area contributed by atoms with Crippen molar-refractivity contribution in [2.45, 2.75) is 46.6 Å². The largest absolute Gasteiger partial charge is 0.305 e. The van der Waals surface area contributed by atoms with E-state index in [1.165, 1.54) is 16.7 Å². The zero-order valence-electron chi connectivity index (χ0n) is 13.8. The highest BCUT2D eigenvalue weighted by molar-refractivity contribution is 6.00. The summed E-state index contributed by atoms with van der Waals surface area (Å²) in [4.78, 5) is 0. The molecule has 2 nitrogen and oxygen atoms in total. The number of benzene rings is 1. The average Bonchev–Trinajstić information content (AvgIpc) is 2.73. The van der Waals surface area contributed by atoms with Gasteiger partial charge in [0.25, 0.3) is 0 Å². The lowest BCUT2D eigenvalue weighted by atomic mass is 9.98. The zero-order chi connectivity index (χ0) is 15.5. The van der Waals surface area contributed by atoms with Crippen LogP contribution in [0.1, 0.15) is 46.6 Å². The number of nitrogens with zero attached hydrogens (tertiary/aromatic N) is 1. The smallest absolute Gasteiger partial charge is 0.0684 e. The third kappa shape index (κ3) is 4.59. The van der Waals surface area contributed by atoms with Gasteiger partial charge in [0.15, 0.2) is 0 Å². The van der Waals surface area contributed by atoms with Crippen molar-refractivity contribution in [3.8, 4) is 0 Å². The van der Waals surface area contributed by atoms with Crippen LogP contribution in [-0.2, 0) is 0 Å². The molecule has 0 saturated carbocycles. The number of hydrogen-bond acceptors (Lipinski definition) is 2. The molecule has 0 unspecified atom stereocenters. The van der Waals surface area contributed by atoms with Gasteiger partial charge in [0.2, 0.25) is 0 Å². The van der Waals surface area contributed by atoms with Crippen LogP contribution in [0.2, 0.25) is 0 Å². The molecule has 0 fully saturated rings. The quantitative estimate of drug-likeness (QED) is 0.628. The predicted octanol–water partition coefficient (Wildman–Crippen LogP) is 4.69. The van der Waals surface area contributed by atoms with E-state index in [4.69, 9.17) is 0 Å². The summed E-state index contributed by atoms with van der Waals surface area (Å²) in [7, 11) is 0. The fraction of sp³-hybridized carbons (Fsp3) is 0.421. The van der Waals surface area contributed by atoms with E-state index in [1.807, 2.05) is 6.07 Å². The molecule has 0 atom stereocenters. The number of nitrogens with one attached hydrogen (secondary N) is 1. The average molecular weight is 282 g/mol. The normalized spacial score (nSPS) is 16.7. The molecular formula is C19H26N2. The molecule has 21 heavy (non-hydrogen) atoms. The molecule has 0 spiro atoms. The Morgan fingerprint density at radius 2 is 1.62 bits per heavy atom. The molecule has 112 valence electrons. The van der Waals surface area contributed by atoms with Crippen molar-refractivity contribution in [2.24, 2.45) is 11.0 Å². The number of hydrazone groups is 1. The second-order valence-electron chi connectivity index (χ2n) is 6.85. The summed E-state index contributed by atoms with van der Waals surface area (Å²) in [6.45, 7) is 10.7. The van der Waals surface area contributed by atoms with Gasteiger partial charge in [0.05, 0.1) is 5.71 Å². The molecule has 0 bridgehead atoms. The molecule has 1 N–H and O–H groups in total. The fourth-order valence-electron chi connectivity index (χ4n) is 2.39. The molecule has 1 aromatic carbocycles. The van der Waals surface area contributed by atoms with E-state index >= 15 is 0 Å². The molecule has 0 radical (unpaired) electrons. The van der Waals surface area contributed by atoms with Gasteiger partial charge in [-0.3, -0.25) is 0 Å². The third-order valence-corrected chi connectivity index (χ3v) is 3.61. The minimum Gasteiger partial charge on any atom is -0.305 e. The predicted molar refractivity (Wildman–Crippen MR) is 91.5 cm³/mol. The van der Waals surface area contributed by atoms with Gasteiger partial charge in [-0.25, -0.2) is 0 Å². The number of hydrogen-bond donors (Lipinski definition) is 1. The molecule has 1 aliphatic rings. The summed E-state index contributed by atoms with van der Waals surface area (Å²) in [5, 5.41) is 4.69. The van der Waals surface area contributed by atoms with Crippen LogP contribution < -0.4 is 5.43 Å². The Morgan fingerprint density at radius 3 is 2.14 bits per heavy atom. The minimum absolute atomic E-state index is 0.0206. The highest BCUT2D eigenvalue weighted by atomic mass is 15.3. The highest BCUT2D eigenvalue weighted by Gasteiger charge is 2.16. The first-order valence-corrected chi connectivity index (χ1v) is 7.61. The summed E-state index contributed by atoms with van der Waals surface area (Å²) < 4.78 is 0. The third-order valence-electron chi connectivity index (χ3n) is 3.61. The summed E-state index contributed by atoms with van der Waals surface area (Å²) in [6, 6.07) is 10.4. The van der Waals surface area contributed by atoms with Crippen LogP contribution in [0.3, 0.4) is 0 Å². The summed E-state index contributed by atoms with van der Waals surface area (Å²) in [5.41, 5.74) is 8.32. The molecule has 2 rings (SSSR count). The molecule has 0 aromatic heterocycles. The van der Waals surface area contributed by atoms with E-state index in [9.17, 15) is 0 Å². The van der Waals surface area contributed by atoms with Crippen LogP contribution in [0, 0.1) is 5.92 Å². The SMILES string of the molecule is CC1=CC(CC(=NNC(C)(C)C)c2ccccc2)C=C1C. The van der Waals surface area contributed by atoms with Gasteiger partial charge in [-0.15, -0.1) is 0 Å². The zero-order valence-corrected chi connectivity index (χ0v) is 13.8. The van der Waals surface area contributed by atoms with Gasteiger partial charge in [0.1, 0.15) is 0 Å². The number of allylic oxidation sites excluding steroid dienone is 4. The lowest BCUT2D eigenvalue weighted by molar-refractivity contribution is 0.440. The van der Waals surface area contributed by atoms with Gasteiger partial charge in [0, 0.05) is 17.9 Å². The Hall–Kier alpha value is -1.83. The Morgan fingerprint density at radius 1 is 1.05 bits per heavy atom. The van der Waals surface area contributed by atoms with E-state index in [-0.39, 0.29) is 5.54 Å². The van der Waals surface area contributed by atoms with E-state index in [1.54, 1.807) is 0 Å². The lowest BCUT2D eigenvalue weighted by Gasteiger charge is -2.20. The first-order chi connectivity index (χ1) is 9.85. The van der Waals surface area contributed by atoms with Gasteiger partial charge < -0.3 is 5.43 Å². The van der Waals surface area contributed by atoms with Crippen molar-refractivity contribution in [2.75, 3.05) is 0 Å². The van der Waals surface area contributed by atoms with Crippen molar-refractivity contribution in [3.05, 3.63) is 59.2 Å². The van der Waals surface area contributed by atoms with Gasteiger partial charge >= 0.3 is 0 Å². The number of rotatable bonds is 4. The summed E-state index contributed by atoms with van der Waals surface area (Å²) >= 11 is 0. The van der Waals surface area contributed by atoms with Crippen LogP contribution >= 0.6 is 0 Å². The van der Waals surface area contributed by atoms with Crippen LogP contribution in [0.25, 0.3) is 0 Å². The molecule has 1 aromatic rings. The summed E-state index contributed by atoms with van der Waals surface area (Å²) in [5.74, 6) is 0.450. The van der Waals surface area contributed by atoms with E-state index in [0.717, 1.165) is 12.1 Å². The monoisotopic (exact) mass is 282 g/mol. The van der Waals surface area contributed by atoms with Gasteiger partial charge in [-0.1, -0.05) is 53.6 Å². The molecule has 0 saturated heterocycles. The van der Waals surface area contributed by atoms with Crippen molar-refractivity contribution >= 4 is 5.71 Å². The van der Waals surface area contributed by atoms with Gasteiger partial charge in [-0.2, -0.15) is 5.10 Å². The van der Waals surface area contributed by atoms with Crippen molar-refractivity contribution in [3.63, 3.8) is 0 Å². The standard InChI is InChI=1S/C19H26N2/c1-14-11-16(12-15(14)2)13-18(20-21-19(3,4)5)17-9-7-6-8-10-17/h6-12,16,21H,13H2,1-5H3. The Bertz CT molecular complexity index is 553. The maximum absolute atomic E-state index is 4.69. The van der Waals surface area contributed by atoms with E-state index < -0.39 is 0 Å². The second kappa shape index (κ2) is 6.30. The van der Waals surface area contributed by atoms with Crippen LogP contribution in [0.15, 0.2) is 58.7 Å². The van der Waals surface area contributed by atoms with Crippen molar-refractivity contribution in [1.29, 1.82) is 0 Å². The van der Waals surface area contributed by atoms with Gasteiger partial charge in [-0.05, 0) is 40.2 Å². The first kappa shape index (κ1) is 15.6.